The maximum atomic E-state index is 12.8. The van der Waals surface area contributed by atoms with Gasteiger partial charge < -0.3 is 21.1 Å². The first-order valence-corrected chi connectivity index (χ1v) is 11.2. The lowest BCUT2D eigenvalue weighted by Crippen LogP contribution is -2.49. The first kappa shape index (κ1) is 23.0. The number of piperazine rings is 1. The van der Waals surface area contributed by atoms with Gasteiger partial charge in [0.1, 0.15) is 5.82 Å². The van der Waals surface area contributed by atoms with Crippen molar-refractivity contribution >= 4 is 17.7 Å². The summed E-state index contributed by atoms with van der Waals surface area (Å²) in [6.07, 6.45) is 4.09. The normalized spacial score (nSPS) is 14.6. The molecular formula is C23H34N6O2. The number of carbonyl (C=O) groups is 1. The molecule has 8 heteroatoms. The Bertz CT molecular complexity index is 834. The van der Waals surface area contributed by atoms with Crippen LogP contribution < -0.4 is 11.1 Å². The fourth-order valence-corrected chi connectivity index (χ4v) is 3.76. The first-order valence-electron chi connectivity index (χ1n) is 11.2. The van der Waals surface area contributed by atoms with Crippen molar-refractivity contribution in [2.24, 2.45) is 0 Å². The fraction of sp³-hybridized carbons (Fsp3) is 0.522. The molecule has 0 aliphatic carbocycles. The van der Waals surface area contributed by atoms with Crippen LogP contribution in [-0.4, -0.2) is 76.7 Å². The van der Waals surface area contributed by atoms with Gasteiger partial charge in [-0.2, -0.15) is 4.98 Å². The zero-order valence-electron chi connectivity index (χ0n) is 18.4. The fourth-order valence-electron chi connectivity index (χ4n) is 3.76. The molecule has 1 fully saturated rings. The standard InChI is InChI=1S/C23H34N6O2/c1-2-3-4-9-25-21-17-20(26-23(24)27-21)16-18-5-7-19(8-6-18)22(31)29-12-10-28(11-13-29)14-15-30/h5-8,17,30H,2-4,9-16H2,1H3,(H3,24,25,26,27). The molecule has 1 aromatic carbocycles. The first-order chi connectivity index (χ1) is 15.1. The number of nitrogens with two attached hydrogens (primary N) is 1. The molecule has 1 aromatic heterocycles. The number of hydrogen-bond acceptors (Lipinski definition) is 7. The molecule has 0 radical (unpaired) electrons. The maximum absolute atomic E-state index is 12.8. The van der Waals surface area contributed by atoms with E-state index in [9.17, 15) is 4.79 Å². The summed E-state index contributed by atoms with van der Waals surface area (Å²) in [5.74, 6) is 1.08. The van der Waals surface area contributed by atoms with Gasteiger partial charge >= 0.3 is 0 Å². The second-order valence-corrected chi connectivity index (χ2v) is 7.97. The van der Waals surface area contributed by atoms with Gasteiger partial charge in [0.25, 0.3) is 5.91 Å². The minimum atomic E-state index is 0.0556. The van der Waals surface area contributed by atoms with Crippen LogP contribution in [0.4, 0.5) is 11.8 Å². The molecule has 0 spiro atoms. The lowest BCUT2D eigenvalue weighted by atomic mass is 10.1. The molecule has 0 bridgehead atoms. The van der Waals surface area contributed by atoms with Gasteiger partial charge in [0.2, 0.25) is 5.95 Å². The highest BCUT2D eigenvalue weighted by molar-refractivity contribution is 5.94. The number of unbranched alkanes of at least 4 members (excludes halogenated alkanes) is 2. The summed E-state index contributed by atoms with van der Waals surface area (Å²) in [5, 5.41) is 12.4. The van der Waals surface area contributed by atoms with Crippen LogP contribution in [0, 0.1) is 0 Å². The SMILES string of the molecule is CCCCCNc1cc(Cc2ccc(C(=O)N3CCN(CCO)CC3)cc2)nc(N)n1. The quantitative estimate of drug-likeness (QED) is 0.499. The van der Waals surface area contributed by atoms with Gasteiger partial charge in [0.15, 0.2) is 0 Å². The Morgan fingerprint density at radius 3 is 2.55 bits per heavy atom. The van der Waals surface area contributed by atoms with E-state index in [4.69, 9.17) is 10.8 Å². The molecular weight excluding hydrogens is 392 g/mol. The minimum Gasteiger partial charge on any atom is -0.395 e. The molecule has 0 saturated carbocycles. The number of rotatable bonds is 10. The molecule has 3 rings (SSSR count). The van der Waals surface area contributed by atoms with Crippen LogP contribution in [0.5, 0.6) is 0 Å². The Balaban J connectivity index is 1.57. The molecule has 2 aromatic rings. The molecule has 1 aliphatic heterocycles. The number of aliphatic hydroxyl groups excluding tert-OH is 1. The van der Waals surface area contributed by atoms with Crippen LogP contribution in [0.25, 0.3) is 0 Å². The molecule has 4 N–H and O–H groups in total. The number of nitrogen functional groups attached to an aromatic ring is 1. The molecule has 168 valence electrons. The average molecular weight is 427 g/mol. The van der Waals surface area contributed by atoms with Crippen LogP contribution in [0.15, 0.2) is 30.3 Å². The smallest absolute Gasteiger partial charge is 0.253 e. The summed E-state index contributed by atoms with van der Waals surface area (Å²) in [6, 6.07) is 9.65. The number of aromatic nitrogens is 2. The van der Waals surface area contributed by atoms with Crippen LogP contribution in [0.1, 0.15) is 47.8 Å². The monoisotopic (exact) mass is 426 g/mol. The lowest BCUT2D eigenvalue weighted by molar-refractivity contribution is 0.0615. The topological polar surface area (TPSA) is 108 Å². The van der Waals surface area contributed by atoms with Crippen molar-refractivity contribution in [3.63, 3.8) is 0 Å². The van der Waals surface area contributed by atoms with Crippen molar-refractivity contribution in [1.82, 2.24) is 19.8 Å². The molecule has 1 saturated heterocycles. The van der Waals surface area contributed by atoms with Crippen molar-refractivity contribution in [1.29, 1.82) is 0 Å². The van der Waals surface area contributed by atoms with Crippen molar-refractivity contribution in [3.05, 3.63) is 47.2 Å². The number of benzene rings is 1. The largest absolute Gasteiger partial charge is 0.395 e. The van der Waals surface area contributed by atoms with E-state index in [1.54, 1.807) is 0 Å². The van der Waals surface area contributed by atoms with Gasteiger partial charge in [0.05, 0.1) is 12.3 Å². The number of nitrogens with one attached hydrogen (secondary N) is 1. The number of aliphatic hydroxyl groups is 1. The van der Waals surface area contributed by atoms with Crippen molar-refractivity contribution in [3.8, 4) is 0 Å². The summed E-state index contributed by atoms with van der Waals surface area (Å²) in [5.41, 5.74) is 8.50. The Hall–Kier alpha value is -2.71. The highest BCUT2D eigenvalue weighted by Crippen LogP contribution is 2.15. The predicted molar refractivity (Wildman–Crippen MR) is 123 cm³/mol. The lowest BCUT2D eigenvalue weighted by Gasteiger charge is -2.34. The van der Waals surface area contributed by atoms with Gasteiger partial charge in [-0.1, -0.05) is 31.9 Å². The Morgan fingerprint density at radius 1 is 1.13 bits per heavy atom. The summed E-state index contributed by atoms with van der Waals surface area (Å²) < 4.78 is 0. The third-order valence-electron chi connectivity index (χ3n) is 5.54. The van der Waals surface area contributed by atoms with E-state index in [-0.39, 0.29) is 18.5 Å². The van der Waals surface area contributed by atoms with E-state index >= 15 is 0 Å². The number of amides is 1. The van der Waals surface area contributed by atoms with E-state index in [0.717, 1.165) is 43.1 Å². The van der Waals surface area contributed by atoms with E-state index < -0.39 is 0 Å². The molecule has 1 amide bonds. The number of carbonyl (C=O) groups excluding carboxylic acids is 1. The van der Waals surface area contributed by atoms with Crippen molar-refractivity contribution in [2.45, 2.75) is 32.6 Å². The Morgan fingerprint density at radius 2 is 1.87 bits per heavy atom. The summed E-state index contributed by atoms with van der Waals surface area (Å²) in [7, 11) is 0. The van der Waals surface area contributed by atoms with Crippen LogP contribution in [-0.2, 0) is 6.42 Å². The second kappa shape index (κ2) is 11.6. The van der Waals surface area contributed by atoms with Gasteiger partial charge in [0, 0.05) is 57.3 Å². The molecule has 1 aliphatic rings. The Kier molecular flexibility index (Phi) is 8.61. The van der Waals surface area contributed by atoms with Gasteiger partial charge in [-0.05, 0) is 24.1 Å². The number of anilines is 2. The van der Waals surface area contributed by atoms with Gasteiger partial charge in [-0.15, -0.1) is 0 Å². The van der Waals surface area contributed by atoms with Crippen LogP contribution in [0.3, 0.4) is 0 Å². The van der Waals surface area contributed by atoms with E-state index in [2.05, 4.69) is 27.1 Å². The predicted octanol–water partition coefficient (Wildman–Crippen LogP) is 2.00. The number of β-amino-alcohol motifs (C(OH)–C–C–N with tert-alkyl or cyclic N) is 1. The van der Waals surface area contributed by atoms with E-state index in [1.165, 1.54) is 12.8 Å². The molecule has 0 unspecified atom stereocenters. The number of nitrogens with zero attached hydrogens (tertiary/aromatic N) is 4. The summed E-state index contributed by atoms with van der Waals surface area (Å²) in [4.78, 5) is 25.5. The van der Waals surface area contributed by atoms with Crippen molar-refractivity contribution < 1.29 is 9.90 Å². The molecule has 31 heavy (non-hydrogen) atoms. The van der Waals surface area contributed by atoms with Gasteiger partial charge in [-0.3, -0.25) is 9.69 Å². The van der Waals surface area contributed by atoms with Crippen LogP contribution >= 0.6 is 0 Å². The highest BCUT2D eigenvalue weighted by atomic mass is 16.3. The van der Waals surface area contributed by atoms with E-state index in [1.807, 2.05) is 35.2 Å². The average Bonchev–Trinajstić information content (AvgIpc) is 2.77. The highest BCUT2D eigenvalue weighted by Gasteiger charge is 2.21. The summed E-state index contributed by atoms with van der Waals surface area (Å²) in [6.45, 7) is 6.85. The zero-order chi connectivity index (χ0) is 22.1. The minimum absolute atomic E-state index is 0.0556. The Labute approximate surface area is 184 Å². The number of hydrogen-bond donors (Lipinski definition) is 3. The molecule has 8 nitrogen and oxygen atoms in total. The van der Waals surface area contributed by atoms with E-state index in [0.29, 0.717) is 31.6 Å². The summed E-state index contributed by atoms with van der Waals surface area (Å²) >= 11 is 0. The maximum Gasteiger partial charge on any atom is 0.253 e. The van der Waals surface area contributed by atoms with Crippen molar-refractivity contribution in [2.75, 3.05) is 56.9 Å². The second-order valence-electron chi connectivity index (χ2n) is 7.97. The third-order valence-corrected chi connectivity index (χ3v) is 5.54. The third kappa shape index (κ3) is 6.90. The molecule has 2 heterocycles. The van der Waals surface area contributed by atoms with Gasteiger partial charge in [-0.25, -0.2) is 4.98 Å². The zero-order valence-corrected chi connectivity index (χ0v) is 18.4. The van der Waals surface area contributed by atoms with Crippen LogP contribution in [0.2, 0.25) is 0 Å². The molecule has 0 atom stereocenters.